The molecule has 6 heteroatoms. The number of piperidine rings is 1. The number of para-hydroxylation sites is 2. The summed E-state index contributed by atoms with van der Waals surface area (Å²) in [5.41, 5.74) is -0.196. The number of morpholine rings is 1. The Morgan fingerprint density at radius 1 is 1.18 bits per heavy atom. The van der Waals surface area contributed by atoms with Crippen molar-refractivity contribution in [3.8, 4) is 11.5 Å². The zero-order valence-corrected chi connectivity index (χ0v) is 17.2. The van der Waals surface area contributed by atoms with Crippen LogP contribution in [0.3, 0.4) is 0 Å². The highest BCUT2D eigenvalue weighted by molar-refractivity contribution is 5.79. The van der Waals surface area contributed by atoms with Crippen molar-refractivity contribution >= 4 is 5.91 Å². The van der Waals surface area contributed by atoms with Gasteiger partial charge >= 0.3 is 0 Å². The third kappa shape index (κ3) is 3.72. The second-order valence-corrected chi connectivity index (χ2v) is 8.55. The predicted molar refractivity (Wildman–Crippen MR) is 107 cm³/mol. The van der Waals surface area contributed by atoms with Gasteiger partial charge < -0.3 is 24.0 Å². The standard InChI is InChI=1S/C22H32N2O4/c1-16(2)24-17(3)22(27-15-21(24)25)9-12-23(13-10-22)11-8-18-14-26-19-6-4-5-7-20(19)28-18/h4-7,16-18H,8-15H2,1-3H3. The number of benzene rings is 1. The molecule has 3 heterocycles. The van der Waals surface area contributed by atoms with Crippen molar-refractivity contribution < 1.29 is 19.0 Å². The van der Waals surface area contributed by atoms with Crippen molar-refractivity contribution in [1.82, 2.24) is 9.80 Å². The molecule has 0 saturated carbocycles. The van der Waals surface area contributed by atoms with Gasteiger partial charge in [0.05, 0.1) is 11.6 Å². The van der Waals surface area contributed by atoms with Gasteiger partial charge in [0, 0.05) is 32.1 Å². The van der Waals surface area contributed by atoms with Crippen LogP contribution in [0.25, 0.3) is 0 Å². The number of amides is 1. The Morgan fingerprint density at radius 2 is 1.89 bits per heavy atom. The molecule has 1 amide bonds. The van der Waals surface area contributed by atoms with Gasteiger partial charge in [0.2, 0.25) is 5.91 Å². The molecular formula is C22H32N2O4. The highest BCUT2D eigenvalue weighted by Crippen LogP contribution is 2.37. The van der Waals surface area contributed by atoms with Crippen LogP contribution in [0.2, 0.25) is 0 Å². The third-order valence-electron chi connectivity index (χ3n) is 6.54. The fourth-order valence-corrected chi connectivity index (χ4v) is 4.85. The van der Waals surface area contributed by atoms with E-state index in [1.165, 1.54) is 0 Å². The van der Waals surface area contributed by atoms with Crippen molar-refractivity contribution in [3.05, 3.63) is 24.3 Å². The smallest absolute Gasteiger partial charge is 0.249 e. The van der Waals surface area contributed by atoms with Gasteiger partial charge in [-0.05, 0) is 45.7 Å². The van der Waals surface area contributed by atoms with Crippen LogP contribution in [0, 0.1) is 0 Å². The lowest BCUT2D eigenvalue weighted by molar-refractivity contribution is -0.190. The van der Waals surface area contributed by atoms with Crippen LogP contribution >= 0.6 is 0 Å². The zero-order chi connectivity index (χ0) is 19.7. The van der Waals surface area contributed by atoms with Crippen LogP contribution in [0.4, 0.5) is 0 Å². The molecule has 3 aliphatic rings. The summed E-state index contributed by atoms with van der Waals surface area (Å²) in [6.45, 7) is 10.1. The molecule has 6 nitrogen and oxygen atoms in total. The first-order valence-electron chi connectivity index (χ1n) is 10.5. The Balaban J connectivity index is 1.28. The number of rotatable bonds is 4. The molecule has 1 spiro atoms. The monoisotopic (exact) mass is 388 g/mol. The molecule has 0 aliphatic carbocycles. The van der Waals surface area contributed by atoms with Gasteiger partial charge in [-0.1, -0.05) is 12.1 Å². The van der Waals surface area contributed by atoms with Gasteiger partial charge in [-0.15, -0.1) is 0 Å². The minimum absolute atomic E-state index is 0.102. The van der Waals surface area contributed by atoms with E-state index in [1.807, 2.05) is 29.2 Å². The van der Waals surface area contributed by atoms with Crippen LogP contribution in [0.15, 0.2) is 24.3 Å². The maximum absolute atomic E-state index is 12.3. The number of fused-ring (bicyclic) bond motifs is 1. The summed E-state index contributed by atoms with van der Waals surface area (Å²) in [6, 6.07) is 8.21. The fourth-order valence-electron chi connectivity index (χ4n) is 4.85. The molecule has 2 unspecified atom stereocenters. The van der Waals surface area contributed by atoms with Gasteiger partial charge in [-0.2, -0.15) is 0 Å². The lowest BCUT2D eigenvalue weighted by Crippen LogP contribution is -2.65. The largest absolute Gasteiger partial charge is 0.486 e. The maximum atomic E-state index is 12.3. The molecule has 0 radical (unpaired) electrons. The zero-order valence-electron chi connectivity index (χ0n) is 17.2. The number of carbonyl (C=O) groups excluding carboxylic acids is 1. The lowest BCUT2D eigenvalue weighted by Gasteiger charge is -2.52. The number of likely N-dealkylation sites (tertiary alicyclic amines) is 1. The molecule has 0 aromatic heterocycles. The van der Waals surface area contributed by atoms with E-state index in [1.54, 1.807) is 0 Å². The molecule has 3 aliphatic heterocycles. The Bertz CT molecular complexity index is 700. The maximum Gasteiger partial charge on any atom is 0.249 e. The first-order valence-corrected chi connectivity index (χ1v) is 10.5. The van der Waals surface area contributed by atoms with E-state index in [0.29, 0.717) is 6.61 Å². The average molecular weight is 389 g/mol. The summed E-state index contributed by atoms with van der Waals surface area (Å²) in [5.74, 6) is 1.80. The minimum Gasteiger partial charge on any atom is -0.486 e. The first-order chi connectivity index (χ1) is 13.5. The average Bonchev–Trinajstić information content (AvgIpc) is 2.70. The highest BCUT2D eigenvalue weighted by Gasteiger charge is 2.48. The van der Waals surface area contributed by atoms with Crippen molar-refractivity contribution in [3.63, 3.8) is 0 Å². The van der Waals surface area contributed by atoms with Crippen molar-refractivity contribution in [2.75, 3.05) is 32.8 Å². The van der Waals surface area contributed by atoms with Gasteiger partial charge in [0.15, 0.2) is 11.5 Å². The van der Waals surface area contributed by atoms with Gasteiger partial charge in [-0.3, -0.25) is 4.79 Å². The van der Waals surface area contributed by atoms with Crippen LogP contribution in [0.5, 0.6) is 11.5 Å². The topological polar surface area (TPSA) is 51.2 Å². The second-order valence-electron chi connectivity index (χ2n) is 8.55. The van der Waals surface area contributed by atoms with E-state index in [-0.39, 0.29) is 36.3 Å². The molecule has 2 atom stereocenters. The molecule has 28 heavy (non-hydrogen) atoms. The van der Waals surface area contributed by atoms with Gasteiger partial charge in [0.1, 0.15) is 19.3 Å². The highest BCUT2D eigenvalue weighted by atomic mass is 16.6. The van der Waals surface area contributed by atoms with E-state index < -0.39 is 0 Å². The quantitative estimate of drug-likeness (QED) is 0.794. The van der Waals surface area contributed by atoms with Gasteiger partial charge in [0.25, 0.3) is 0 Å². The Hall–Kier alpha value is -1.79. The predicted octanol–water partition coefficient (Wildman–Crippen LogP) is 2.71. The molecule has 1 aromatic rings. The summed E-state index contributed by atoms with van der Waals surface area (Å²) in [6.07, 6.45) is 2.99. The molecule has 0 N–H and O–H groups in total. The molecule has 154 valence electrons. The summed E-state index contributed by atoms with van der Waals surface area (Å²) >= 11 is 0. The second kappa shape index (κ2) is 7.91. The summed E-state index contributed by atoms with van der Waals surface area (Å²) < 4.78 is 18.0. The number of nitrogens with zero attached hydrogens (tertiary/aromatic N) is 2. The normalized spacial score (nSPS) is 27.4. The number of hydrogen-bond acceptors (Lipinski definition) is 5. The van der Waals surface area contributed by atoms with E-state index in [2.05, 4.69) is 25.7 Å². The van der Waals surface area contributed by atoms with E-state index >= 15 is 0 Å². The van der Waals surface area contributed by atoms with Gasteiger partial charge in [-0.25, -0.2) is 0 Å². The SMILES string of the molecule is CC(C)N1C(=O)COC2(CCN(CCC3COc4ccccc4O3)CC2)C1C. The summed E-state index contributed by atoms with van der Waals surface area (Å²) in [7, 11) is 0. The van der Waals surface area contributed by atoms with E-state index in [9.17, 15) is 4.79 Å². The molecule has 2 fully saturated rings. The fraction of sp³-hybridized carbons (Fsp3) is 0.682. The molecular weight excluding hydrogens is 356 g/mol. The lowest BCUT2D eigenvalue weighted by atomic mass is 9.82. The third-order valence-corrected chi connectivity index (χ3v) is 6.54. The molecule has 2 saturated heterocycles. The number of hydrogen-bond donors (Lipinski definition) is 0. The molecule has 0 bridgehead atoms. The van der Waals surface area contributed by atoms with Crippen LogP contribution < -0.4 is 9.47 Å². The van der Waals surface area contributed by atoms with Crippen LogP contribution in [-0.2, 0) is 9.53 Å². The molecule has 4 rings (SSSR count). The van der Waals surface area contributed by atoms with E-state index in [0.717, 1.165) is 50.4 Å². The van der Waals surface area contributed by atoms with Crippen molar-refractivity contribution in [2.24, 2.45) is 0 Å². The number of ether oxygens (including phenoxy) is 3. The van der Waals surface area contributed by atoms with Crippen LogP contribution in [-0.4, -0.2) is 72.3 Å². The Morgan fingerprint density at radius 3 is 2.61 bits per heavy atom. The summed E-state index contributed by atoms with van der Waals surface area (Å²) in [5, 5.41) is 0. The number of carbonyl (C=O) groups is 1. The van der Waals surface area contributed by atoms with Crippen molar-refractivity contribution in [1.29, 1.82) is 0 Å². The minimum atomic E-state index is -0.196. The van der Waals surface area contributed by atoms with Crippen molar-refractivity contribution in [2.45, 2.75) is 63.8 Å². The van der Waals surface area contributed by atoms with E-state index in [4.69, 9.17) is 14.2 Å². The van der Waals surface area contributed by atoms with Crippen LogP contribution in [0.1, 0.15) is 40.0 Å². The first kappa shape index (κ1) is 19.5. The summed E-state index contributed by atoms with van der Waals surface area (Å²) in [4.78, 5) is 16.8. The molecule has 1 aromatic carbocycles. The Labute approximate surface area is 167 Å². The Kier molecular flexibility index (Phi) is 5.52.